The molecule has 0 saturated carbocycles. The van der Waals surface area contributed by atoms with E-state index in [1.807, 2.05) is 36.5 Å². The average Bonchev–Trinajstić information content (AvgIpc) is 3.22. The molecular formula is C30H35NO2. The lowest BCUT2D eigenvalue weighted by Gasteiger charge is -2.11. The smallest absolute Gasteiger partial charge is 0.159 e. The molecule has 0 aliphatic carbocycles. The molecule has 1 aromatic heterocycles. The number of carbonyl (C=O) groups excluding carboxylic acids is 1. The number of para-hydroxylation sites is 1. The Morgan fingerprint density at radius 1 is 0.970 bits per heavy atom. The van der Waals surface area contributed by atoms with Crippen molar-refractivity contribution in [2.24, 2.45) is 5.92 Å². The number of nitrogens with one attached hydrogen (secondary N) is 1. The van der Waals surface area contributed by atoms with E-state index >= 15 is 0 Å². The number of hydrogen-bond donors (Lipinski definition) is 2. The number of ketones is 1. The highest BCUT2D eigenvalue weighted by molar-refractivity contribution is 5.95. The lowest BCUT2D eigenvalue weighted by atomic mass is 9.93. The molecule has 4 rings (SSSR count). The molecule has 0 aliphatic heterocycles. The van der Waals surface area contributed by atoms with E-state index in [1.54, 1.807) is 6.92 Å². The van der Waals surface area contributed by atoms with Gasteiger partial charge in [0.15, 0.2) is 5.78 Å². The van der Waals surface area contributed by atoms with E-state index in [4.69, 9.17) is 5.11 Å². The Kier molecular flexibility index (Phi) is 8.24. The van der Waals surface area contributed by atoms with Gasteiger partial charge in [0.2, 0.25) is 0 Å². The van der Waals surface area contributed by atoms with Crippen LogP contribution in [0.25, 0.3) is 22.0 Å². The van der Waals surface area contributed by atoms with E-state index in [-0.39, 0.29) is 12.4 Å². The molecule has 0 bridgehead atoms. The van der Waals surface area contributed by atoms with Crippen LogP contribution in [-0.2, 0) is 6.42 Å². The number of aromatic nitrogens is 1. The van der Waals surface area contributed by atoms with Gasteiger partial charge in [-0.3, -0.25) is 4.79 Å². The Hall–Kier alpha value is -3.17. The fourth-order valence-corrected chi connectivity index (χ4v) is 3.96. The highest BCUT2D eigenvalue weighted by Crippen LogP contribution is 2.28. The minimum absolute atomic E-state index is 0.112. The van der Waals surface area contributed by atoms with Crippen molar-refractivity contribution in [1.82, 2.24) is 4.98 Å². The van der Waals surface area contributed by atoms with Gasteiger partial charge in [-0.05, 0) is 72.1 Å². The number of Topliss-reactive ketones (excluding diaryl/α,β-unsaturated/α-hetero) is 1. The normalized spacial score (nSPS) is 11.8. The average molecular weight is 442 g/mol. The molecule has 1 unspecified atom stereocenters. The summed E-state index contributed by atoms with van der Waals surface area (Å²) in [6, 6.07) is 22.7. The Bertz CT molecular complexity index is 1220. The number of fused-ring (bicyclic) bond motifs is 1. The van der Waals surface area contributed by atoms with E-state index in [9.17, 15) is 4.79 Å². The third-order valence-corrected chi connectivity index (χ3v) is 6.06. The number of hydrogen-bond acceptors (Lipinski definition) is 2. The van der Waals surface area contributed by atoms with Crippen molar-refractivity contribution < 1.29 is 9.90 Å². The second kappa shape index (κ2) is 11.1. The summed E-state index contributed by atoms with van der Waals surface area (Å²) >= 11 is 0. The molecule has 1 atom stereocenters. The number of aryl methyl sites for hydroxylation is 1. The first-order valence-corrected chi connectivity index (χ1v) is 11.7. The Morgan fingerprint density at radius 2 is 1.73 bits per heavy atom. The Morgan fingerprint density at radius 3 is 2.42 bits per heavy atom. The van der Waals surface area contributed by atoms with Crippen LogP contribution in [0.2, 0.25) is 0 Å². The molecule has 2 N–H and O–H groups in total. The summed E-state index contributed by atoms with van der Waals surface area (Å²) in [5.41, 5.74) is 8.10. The molecule has 0 fully saturated rings. The fraction of sp³-hybridized carbons (Fsp3) is 0.300. The summed E-state index contributed by atoms with van der Waals surface area (Å²) in [5.74, 6) is 0.951. The highest BCUT2D eigenvalue weighted by Gasteiger charge is 2.08. The van der Waals surface area contributed by atoms with Crippen molar-refractivity contribution in [3.63, 3.8) is 0 Å². The lowest BCUT2D eigenvalue weighted by molar-refractivity contribution is 0.101. The number of aromatic amines is 1. The van der Waals surface area contributed by atoms with Crippen LogP contribution in [0.5, 0.6) is 0 Å². The van der Waals surface area contributed by atoms with E-state index in [0.717, 1.165) is 17.5 Å². The number of benzene rings is 3. The van der Waals surface area contributed by atoms with Gasteiger partial charge < -0.3 is 10.1 Å². The molecule has 3 aromatic carbocycles. The van der Waals surface area contributed by atoms with Crippen molar-refractivity contribution in [1.29, 1.82) is 0 Å². The van der Waals surface area contributed by atoms with Gasteiger partial charge in [0.25, 0.3) is 0 Å². The van der Waals surface area contributed by atoms with Crippen LogP contribution < -0.4 is 0 Å². The number of rotatable bonds is 6. The van der Waals surface area contributed by atoms with Crippen LogP contribution in [0, 0.1) is 12.8 Å². The van der Waals surface area contributed by atoms with Gasteiger partial charge in [0.05, 0.1) is 0 Å². The summed E-state index contributed by atoms with van der Waals surface area (Å²) in [6.45, 7) is 10.4. The quantitative estimate of drug-likeness (QED) is 0.308. The summed E-state index contributed by atoms with van der Waals surface area (Å²) in [7, 11) is 0. The van der Waals surface area contributed by atoms with E-state index in [2.05, 4.69) is 69.1 Å². The fourth-order valence-electron chi connectivity index (χ4n) is 3.96. The first-order chi connectivity index (χ1) is 15.8. The molecule has 0 spiro atoms. The monoisotopic (exact) mass is 441 g/mol. The second-order valence-electron chi connectivity index (χ2n) is 9.22. The van der Waals surface area contributed by atoms with Crippen molar-refractivity contribution in [3.8, 4) is 11.1 Å². The van der Waals surface area contributed by atoms with Gasteiger partial charge in [-0.2, -0.15) is 0 Å². The van der Waals surface area contributed by atoms with Crippen LogP contribution in [0.15, 0.2) is 72.9 Å². The topological polar surface area (TPSA) is 53.1 Å². The maximum atomic E-state index is 11.5. The number of H-pyrrole nitrogens is 1. The zero-order valence-electron chi connectivity index (χ0n) is 20.4. The molecular weight excluding hydrogens is 406 g/mol. The standard InChI is InChI=1S/C18H20O.C12H15NO/c1-12(2)15-6-5-7-17(10-15)18-11-16(14(4)19)9-8-13(18)3;1-9(8-14)6-10-7-13-12-5-3-2-4-11(10)12/h5-12H,1-4H3;2-5,7,9,13-14H,6,8H2,1H3. The zero-order chi connectivity index (χ0) is 24.0. The predicted octanol–water partition coefficient (Wildman–Crippen LogP) is 7.33. The molecule has 0 amide bonds. The molecule has 33 heavy (non-hydrogen) atoms. The summed E-state index contributed by atoms with van der Waals surface area (Å²) in [6.07, 6.45) is 2.97. The SMILES string of the molecule is CC(=O)c1ccc(C)c(-c2cccc(C(C)C)c2)c1.CC(CO)Cc1c[nH]c2ccccc12. The highest BCUT2D eigenvalue weighted by atomic mass is 16.3. The predicted molar refractivity (Wildman–Crippen MR) is 139 cm³/mol. The van der Waals surface area contributed by atoms with Crippen molar-refractivity contribution >= 4 is 16.7 Å². The van der Waals surface area contributed by atoms with Crippen molar-refractivity contribution in [2.75, 3.05) is 6.61 Å². The van der Waals surface area contributed by atoms with E-state index in [0.29, 0.717) is 11.8 Å². The summed E-state index contributed by atoms with van der Waals surface area (Å²) < 4.78 is 0. The molecule has 0 radical (unpaired) electrons. The lowest BCUT2D eigenvalue weighted by Crippen LogP contribution is -2.03. The van der Waals surface area contributed by atoms with Gasteiger partial charge in [-0.15, -0.1) is 0 Å². The third-order valence-electron chi connectivity index (χ3n) is 6.06. The molecule has 0 saturated heterocycles. The summed E-state index contributed by atoms with van der Waals surface area (Å²) in [5, 5.41) is 10.3. The molecule has 3 nitrogen and oxygen atoms in total. The molecule has 1 heterocycles. The van der Waals surface area contributed by atoms with Crippen LogP contribution >= 0.6 is 0 Å². The second-order valence-corrected chi connectivity index (χ2v) is 9.22. The van der Waals surface area contributed by atoms with E-state index < -0.39 is 0 Å². The zero-order valence-corrected chi connectivity index (χ0v) is 20.4. The number of aliphatic hydroxyl groups is 1. The minimum Gasteiger partial charge on any atom is -0.396 e. The largest absolute Gasteiger partial charge is 0.396 e. The van der Waals surface area contributed by atoms with Gasteiger partial charge in [-0.1, -0.05) is 75.4 Å². The van der Waals surface area contributed by atoms with E-state index in [1.165, 1.54) is 33.2 Å². The Balaban J connectivity index is 0.000000194. The third kappa shape index (κ3) is 6.21. The summed E-state index contributed by atoms with van der Waals surface area (Å²) in [4.78, 5) is 14.8. The maximum absolute atomic E-state index is 11.5. The van der Waals surface area contributed by atoms with Crippen molar-refractivity contribution in [2.45, 2.75) is 47.0 Å². The Labute approximate surface area is 197 Å². The first-order valence-electron chi connectivity index (χ1n) is 11.7. The number of aliphatic hydroxyl groups excluding tert-OH is 1. The van der Waals surface area contributed by atoms with Crippen molar-refractivity contribution in [3.05, 3.63) is 95.2 Å². The van der Waals surface area contributed by atoms with Gasteiger partial charge in [0.1, 0.15) is 0 Å². The van der Waals surface area contributed by atoms with Crippen LogP contribution in [0.3, 0.4) is 0 Å². The molecule has 3 heteroatoms. The van der Waals surface area contributed by atoms with Crippen LogP contribution in [-0.4, -0.2) is 22.5 Å². The molecule has 172 valence electrons. The molecule has 0 aliphatic rings. The van der Waals surface area contributed by atoms with Gasteiger partial charge >= 0.3 is 0 Å². The van der Waals surface area contributed by atoms with Gasteiger partial charge in [0, 0.05) is 29.3 Å². The maximum Gasteiger partial charge on any atom is 0.159 e. The first kappa shape index (κ1) is 24.5. The van der Waals surface area contributed by atoms with Gasteiger partial charge in [-0.25, -0.2) is 0 Å². The molecule has 4 aromatic rings. The van der Waals surface area contributed by atoms with Crippen LogP contribution in [0.1, 0.15) is 60.7 Å². The number of carbonyl (C=O) groups is 1. The minimum atomic E-state index is 0.112. The van der Waals surface area contributed by atoms with Crippen LogP contribution in [0.4, 0.5) is 0 Å².